The molecule has 5 heteroatoms. The molecule has 0 aliphatic carbocycles. The highest BCUT2D eigenvalue weighted by Crippen LogP contribution is 2.19. The third kappa shape index (κ3) is 1.60. The fourth-order valence-electron chi connectivity index (χ4n) is 0.467. The number of thioether (sulfide) groups is 1. The van der Waals surface area contributed by atoms with E-state index in [1.807, 2.05) is 25.3 Å². The van der Waals surface area contributed by atoms with E-state index < -0.39 is 0 Å². The lowest BCUT2D eigenvalue weighted by molar-refractivity contribution is 1.02. The number of anilines is 1. The van der Waals surface area contributed by atoms with E-state index >= 15 is 0 Å². The van der Waals surface area contributed by atoms with Crippen LogP contribution in [0.5, 0.6) is 0 Å². The van der Waals surface area contributed by atoms with Crippen LogP contribution in [0.15, 0.2) is 5.16 Å². The molecule has 0 aliphatic rings. The third-order valence-corrected chi connectivity index (χ3v) is 2.51. The van der Waals surface area contributed by atoms with Gasteiger partial charge in [-0.2, -0.15) is 9.36 Å². The van der Waals surface area contributed by atoms with Crippen LogP contribution in [0.25, 0.3) is 0 Å². The van der Waals surface area contributed by atoms with Crippen molar-refractivity contribution in [2.24, 2.45) is 0 Å². The molecule has 0 unspecified atom stereocenters. The summed E-state index contributed by atoms with van der Waals surface area (Å²) < 4.78 is 4.11. The van der Waals surface area contributed by atoms with Crippen molar-refractivity contribution in [3.8, 4) is 0 Å². The second kappa shape index (κ2) is 3.21. The fraction of sp³-hybridized carbons (Fsp3) is 0.600. The van der Waals surface area contributed by atoms with Crippen molar-refractivity contribution >= 4 is 28.4 Å². The van der Waals surface area contributed by atoms with Gasteiger partial charge in [-0.05, 0) is 6.26 Å². The molecule has 0 amide bonds. The predicted molar refractivity (Wildman–Crippen MR) is 46.0 cm³/mol. The van der Waals surface area contributed by atoms with Crippen LogP contribution >= 0.6 is 23.3 Å². The molecule has 0 saturated heterocycles. The van der Waals surface area contributed by atoms with Crippen molar-refractivity contribution in [2.75, 3.05) is 25.3 Å². The fourth-order valence-corrected chi connectivity index (χ4v) is 1.60. The van der Waals surface area contributed by atoms with Crippen molar-refractivity contribution in [1.82, 2.24) is 9.36 Å². The minimum atomic E-state index is 0.855. The number of hydrogen-bond acceptors (Lipinski definition) is 5. The molecule has 0 atom stereocenters. The molecular weight excluding hydrogens is 166 g/mol. The van der Waals surface area contributed by atoms with E-state index in [0.717, 1.165) is 10.3 Å². The average Bonchev–Trinajstić information content (AvgIpc) is 2.34. The van der Waals surface area contributed by atoms with Crippen LogP contribution in [0.2, 0.25) is 0 Å². The molecular formula is C5H9N3S2. The quantitative estimate of drug-likeness (QED) is 0.634. The summed E-state index contributed by atoms with van der Waals surface area (Å²) in [4.78, 5) is 6.18. The SMILES string of the molecule is CSc1nsc(N(C)C)n1. The first-order valence-electron chi connectivity index (χ1n) is 2.79. The summed E-state index contributed by atoms with van der Waals surface area (Å²) in [5.41, 5.74) is 0. The lowest BCUT2D eigenvalue weighted by Crippen LogP contribution is -2.07. The van der Waals surface area contributed by atoms with E-state index in [1.54, 1.807) is 11.8 Å². The first kappa shape index (κ1) is 7.81. The largest absolute Gasteiger partial charge is 0.353 e. The van der Waals surface area contributed by atoms with Gasteiger partial charge in [0.05, 0.1) is 0 Å². The summed E-state index contributed by atoms with van der Waals surface area (Å²) in [6.07, 6.45) is 1.97. The molecule has 1 aromatic heterocycles. The second-order valence-electron chi connectivity index (χ2n) is 1.96. The Balaban J connectivity index is 2.78. The molecule has 1 heterocycles. The highest BCUT2D eigenvalue weighted by Gasteiger charge is 2.02. The van der Waals surface area contributed by atoms with Crippen LogP contribution in [0.4, 0.5) is 5.13 Å². The van der Waals surface area contributed by atoms with Crippen molar-refractivity contribution < 1.29 is 0 Å². The summed E-state index contributed by atoms with van der Waals surface area (Å²) in [6, 6.07) is 0. The van der Waals surface area contributed by atoms with Crippen molar-refractivity contribution in [1.29, 1.82) is 0 Å². The Bertz CT molecular complexity index is 208. The monoisotopic (exact) mass is 175 g/mol. The number of rotatable bonds is 2. The first-order valence-corrected chi connectivity index (χ1v) is 4.79. The van der Waals surface area contributed by atoms with Gasteiger partial charge in [0.15, 0.2) is 0 Å². The van der Waals surface area contributed by atoms with Gasteiger partial charge in [-0.3, -0.25) is 0 Å². The molecule has 56 valence electrons. The highest BCUT2D eigenvalue weighted by molar-refractivity contribution is 7.98. The predicted octanol–water partition coefficient (Wildman–Crippen LogP) is 1.33. The molecule has 0 aromatic carbocycles. The van der Waals surface area contributed by atoms with Crippen molar-refractivity contribution in [3.05, 3.63) is 0 Å². The van der Waals surface area contributed by atoms with Crippen LogP contribution in [0, 0.1) is 0 Å². The number of hydrogen-bond donors (Lipinski definition) is 0. The maximum absolute atomic E-state index is 4.22. The zero-order valence-corrected chi connectivity index (χ0v) is 7.79. The van der Waals surface area contributed by atoms with Crippen LogP contribution in [0.3, 0.4) is 0 Å². The Kier molecular flexibility index (Phi) is 2.50. The van der Waals surface area contributed by atoms with Gasteiger partial charge in [0.1, 0.15) is 0 Å². The third-order valence-electron chi connectivity index (χ3n) is 0.962. The molecule has 0 spiro atoms. The van der Waals surface area contributed by atoms with E-state index in [9.17, 15) is 0 Å². The zero-order chi connectivity index (χ0) is 7.56. The van der Waals surface area contributed by atoms with E-state index in [2.05, 4.69) is 9.36 Å². The molecule has 0 N–H and O–H groups in total. The Morgan fingerprint density at radius 1 is 1.50 bits per heavy atom. The van der Waals surface area contributed by atoms with Crippen LogP contribution in [-0.2, 0) is 0 Å². The lowest BCUT2D eigenvalue weighted by Gasteiger charge is -2.03. The number of nitrogens with zero attached hydrogens (tertiary/aromatic N) is 3. The Morgan fingerprint density at radius 2 is 2.20 bits per heavy atom. The van der Waals surface area contributed by atoms with E-state index in [-0.39, 0.29) is 0 Å². The minimum absolute atomic E-state index is 0.855. The molecule has 0 saturated carbocycles. The summed E-state index contributed by atoms with van der Waals surface area (Å²) in [6.45, 7) is 0. The van der Waals surface area contributed by atoms with Gasteiger partial charge in [0.2, 0.25) is 10.3 Å². The molecule has 1 aromatic rings. The lowest BCUT2D eigenvalue weighted by atomic mass is 10.9. The molecule has 0 fully saturated rings. The van der Waals surface area contributed by atoms with E-state index in [0.29, 0.717) is 0 Å². The Hall–Kier alpha value is -0.290. The van der Waals surface area contributed by atoms with E-state index in [4.69, 9.17) is 0 Å². The maximum Gasteiger partial charge on any atom is 0.205 e. The Labute approximate surface area is 68.6 Å². The molecule has 0 bridgehead atoms. The summed E-state index contributed by atoms with van der Waals surface area (Å²) >= 11 is 2.99. The summed E-state index contributed by atoms with van der Waals surface area (Å²) in [5.74, 6) is 0. The smallest absolute Gasteiger partial charge is 0.205 e. The zero-order valence-electron chi connectivity index (χ0n) is 6.16. The minimum Gasteiger partial charge on any atom is -0.353 e. The summed E-state index contributed by atoms with van der Waals surface area (Å²) in [5, 5.41) is 1.82. The topological polar surface area (TPSA) is 29.0 Å². The normalized spacial score (nSPS) is 9.90. The summed E-state index contributed by atoms with van der Waals surface area (Å²) in [7, 11) is 3.93. The van der Waals surface area contributed by atoms with Gasteiger partial charge in [-0.1, -0.05) is 11.8 Å². The maximum atomic E-state index is 4.22. The van der Waals surface area contributed by atoms with Gasteiger partial charge in [-0.25, -0.2) is 0 Å². The van der Waals surface area contributed by atoms with Crippen LogP contribution in [-0.4, -0.2) is 29.7 Å². The van der Waals surface area contributed by atoms with Gasteiger partial charge in [0.25, 0.3) is 0 Å². The van der Waals surface area contributed by atoms with Crippen LogP contribution in [0.1, 0.15) is 0 Å². The highest BCUT2D eigenvalue weighted by atomic mass is 32.2. The molecule has 1 rings (SSSR count). The van der Waals surface area contributed by atoms with Crippen molar-refractivity contribution in [2.45, 2.75) is 5.16 Å². The van der Waals surface area contributed by atoms with Gasteiger partial charge >= 0.3 is 0 Å². The molecule has 10 heavy (non-hydrogen) atoms. The Morgan fingerprint density at radius 3 is 2.50 bits per heavy atom. The van der Waals surface area contributed by atoms with Crippen molar-refractivity contribution in [3.63, 3.8) is 0 Å². The first-order chi connectivity index (χ1) is 4.74. The van der Waals surface area contributed by atoms with Gasteiger partial charge in [0, 0.05) is 25.6 Å². The van der Waals surface area contributed by atoms with E-state index in [1.165, 1.54) is 11.5 Å². The van der Waals surface area contributed by atoms with Gasteiger partial charge < -0.3 is 4.90 Å². The molecule has 3 nitrogen and oxygen atoms in total. The molecule has 0 radical (unpaired) electrons. The average molecular weight is 175 g/mol. The van der Waals surface area contributed by atoms with Crippen LogP contribution < -0.4 is 4.90 Å². The molecule has 0 aliphatic heterocycles. The number of aromatic nitrogens is 2. The standard InChI is InChI=1S/C5H9N3S2/c1-8(2)5-6-4(9-3)7-10-5/h1-3H3. The van der Waals surface area contributed by atoms with Gasteiger partial charge in [-0.15, -0.1) is 0 Å². The second-order valence-corrected chi connectivity index (χ2v) is 3.46.